The molecule has 0 bridgehead atoms. The number of nitrogens with one attached hydrogen (secondary N) is 1. The second-order valence-electron chi connectivity index (χ2n) is 9.67. The van der Waals surface area contributed by atoms with Gasteiger partial charge in [-0.2, -0.15) is 0 Å². The number of rotatable bonds is 11. The van der Waals surface area contributed by atoms with Gasteiger partial charge < -0.3 is 15.0 Å². The van der Waals surface area contributed by atoms with Gasteiger partial charge in [-0.1, -0.05) is 55.5 Å². The summed E-state index contributed by atoms with van der Waals surface area (Å²) in [5.74, 6) is -0.249. The largest absolute Gasteiger partial charge is 0.483 e. The summed E-state index contributed by atoms with van der Waals surface area (Å²) in [6.45, 7) is 9.83. The minimum absolute atomic E-state index is 0.0392. The average Bonchev–Trinajstić information content (AvgIpc) is 2.88. The third kappa shape index (κ3) is 7.91. The Morgan fingerprint density at radius 1 is 0.973 bits per heavy atom. The van der Waals surface area contributed by atoms with Crippen LogP contribution in [0.25, 0.3) is 0 Å². The summed E-state index contributed by atoms with van der Waals surface area (Å²) in [4.78, 5) is 28.8. The Balaban J connectivity index is 1.94. The first-order valence-corrected chi connectivity index (χ1v) is 12.8. The van der Waals surface area contributed by atoms with Crippen LogP contribution in [0.4, 0.5) is 4.39 Å². The fraction of sp³-hybridized carbons (Fsp3) is 0.355. The van der Waals surface area contributed by atoms with Crippen LogP contribution in [-0.4, -0.2) is 35.4 Å². The first-order chi connectivity index (χ1) is 17.7. The highest BCUT2D eigenvalue weighted by molar-refractivity contribution is 5.88. The van der Waals surface area contributed by atoms with Gasteiger partial charge in [-0.25, -0.2) is 4.39 Å². The fourth-order valence-corrected chi connectivity index (χ4v) is 4.15. The molecule has 37 heavy (non-hydrogen) atoms. The lowest BCUT2D eigenvalue weighted by Crippen LogP contribution is -2.53. The molecule has 0 saturated heterocycles. The van der Waals surface area contributed by atoms with Crippen molar-refractivity contribution in [3.8, 4) is 5.75 Å². The standard InChI is InChI=1S/C31H37FN2O3/c1-6-23(4)33-31(36)28(18-25-10-8-7-9-11-25)34(19-26-12-14-27(32)15-13-26)30(35)20-37-29-17-21(2)16-22(3)24(29)5/h7-17,23,28H,6,18-20H2,1-5H3,(H,33,36)/t23-,28-/m1/s1. The lowest BCUT2D eigenvalue weighted by molar-refractivity contribution is -0.143. The van der Waals surface area contributed by atoms with Crippen LogP contribution in [-0.2, 0) is 22.6 Å². The van der Waals surface area contributed by atoms with Crippen LogP contribution >= 0.6 is 0 Å². The zero-order valence-electron chi connectivity index (χ0n) is 22.4. The van der Waals surface area contributed by atoms with E-state index >= 15 is 0 Å². The number of nitrogens with zero attached hydrogens (tertiary/aromatic N) is 1. The molecule has 0 aliphatic heterocycles. The molecule has 2 amide bonds. The van der Waals surface area contributed by atoms with Crippen molar-refractivity contribution in [2.24, 2.45) is 0 Å². The normalized spacial score (nSPS) is 12.5. The molecule has 0 radical (unpaired) electrons. The maximum absolute atomic E-state index is 13.7. The van der Waals surface area contributed by atoms with Crippen molar-refractivity contribution in [2.45, 2.75) is 66.1 Å². The van der Waals surface area contributed by atoms with E-state index in [1.807, 2.05) is 71.0 Å². The zero-order chi connectivity index (χ0) is 26.9. The molecule has 6 heteroatoms. The maximum Gasteiger partial charge on any atom is 0.261 e. The molecule has 0 spiro atoms. The van der Waals surface area contributed by atoms with Gasteiger partial charge in [0.2, 0.25) is 5.91 Å². The third-order valence-electron chi connectivity index (χ3n) is 6.65. The molecule has 0 heterocycles. The molecule has 3 rings (SSSR count). The number of hydrogen-bond acceptors (Lipinski definition) is 3. The zero-order valence-corrected chi connectivity index (χ0v) is 22.4. The van der Waals surface area contributed by atoms with Gasteiger partial charge in [0.15, 0.2) is 6.61 Å². The van der Waals surface area contributed by atoms with Gasteiger partial charge in [0.05, 0.1) is 0 Å². The fourth-order valence-electron chi connectivity index (χ4n) is 4.15. The van der Waals surface area contributed by atoms with Gasteiger partial charge in [0, 0.05) is 19.0 Å². The highest BCUT2D eigenvalue weighted by Crippen LogP contribution is 2.24. The van der Waals surface area contributed by atoms with Crippen molar-refractivity contribution in [3.63, 3.8) is 0 Å². The predicted octanol–water partition coefficient (Wildman–Crippen LogP) is 5.68. The van der Waals surface area contributed by atoms with Crippen molar-refractivity contribution in [2.75, 3.05) is 6.61 Å². The molecule has 2 atom stereocenters. The van der Waals surface area contributed by atoms with Crippen LogP contribution in [0, 0.1) is 26.6 Å². The Hall–Kier alpha value is -3.67. The summed E-state index contributed by atoms with van der Waals surface area (Å²) < 4.78 is 19.6. The SMILES string of the molecule is CC[C@@H](C)NC(=O)[C@@H](Cc1ccccc1)N(Cc1ccc(F)cc1)C(=O)COc1cc(C)cc(C)c1C. The summed E-state index contributed by atoms with van der Waals surface area (Å²) >= 11 is 0. The van der Waals surface area contributed by atoms with E-state index in [9.17, 15) is 14.0 Å². The lowest BCUT2D eigenvalue weighted by Gasteiger charge is -2.32. The summed E-state index contributed by atoms with van der Waals surface area (Å²) in [6, 6.07) is 18.8. The molecule has 0 aliphatic carbocycles. The maximum atomic E-state index is 13.7. The minimum Gasteiger partial charge on any atom is -0.483 e. The highest BCUT2D eigenvalue weighted by Gasteiger charge is 2.31. The van der Waals surface area contributed by atoms with E-state index in [-0.39, 0.29) is 36.8 Å². The van der Waals surface area contributed by atoms with Crippen LogP contribution in [0.1, 0.15) is 48.1 Å². The monoisotopic (exact) mass is 504 g/mol. The Kier molecular flexibility index (Phi) is 9.84. The first kappa shape index (κ1) is 27.9. The summed E-state index contributed by atoms with van der Waals surface area (Å²) in [5.41, 5.74) is 4.77. The lowest BCUT2D eigenvalue weighted by atomic mass is 10.0. The number of benzene rings is 3. The van der Waals surface area contributed by atoms with Crippen molar-refractivity contribution in [1.29, 1.82) is 0 Å². The van der Waals surface area contributed by atoms with Crippen molar-refractivity contribution < 1.29 is 18.7 Å². The Labute approximate surface area is 219 Å². The Morgan fingerprint density at radius 2 is 1.65 bits per heavy atom. The quantitative estimate of drug-likeness (QED) is 0.365. The van der Waals surface area contributed by atoms with Crippen LogP contribution < -0.4 is 10.1 Å². The van der Waals surface area contributed by atoms with Gasteiger partial charge in [0.25, 0.3) is 5.91 Å². The second-order valence-corrected chi connectivity index (χ2v) is 9.67. The molecule has 0 unspecified atom stereocenters. The van der Waals surface area contributed by atoms with Crippen molar-refractivity contribution in [3.05, 3.63) is 100 Å². The Morgan fingerprint density at radius 3 is 2.30 bits per heavy atom. The van der Waals surface area contributed by atoms with E-state index in [4.69, 9.17) is 4.74 Å². The van der Waals surface area contributed by atoms with E-state index in [0.29, 0.717) is 12.2 Å². The van der Waals surface area contributed by atoms with Crippen molar-refractivity contribution in [1.82, 2.24) is 10.2 Å². The molecular formula is C31H37FN2O3. The molecule has 5 nitrogen and oxygen atoms in total. The van der Waals surface area contributed by atoms with Gasteiger partial charge in [-0.15, -0.1) is 0 Å². The third-order valence-corrected chi connectivity index (χ3v) is 6.65. The van der Waals surface area contributed by atoms with Gasteiger partial charge in [-0.05, 0) is 80.1 Å². The molecule has 3 aromatic rings. The number of amides is 2. The molecule has 0 aromatic heterocycles. The van der Waals surface area contributed by atoms with Crippen LogP contribution in [0.5, 0.6) is 5.75 Å². The predicted molar refractivity (Wildman–Crippen MR) is 145 cm³/mol. The molecule has 196 valence electrons. The van der Waals surface area contributed by atoms with Gasteiger partial charge in [-0.3, -0.25) is 9.59 Å². The smallest absolute Gasteiger partial charge is 0.261 e. The minimum atomic E-state index is -0.766. The summed E-state index contributed by atoms with van der Waals surface area (Å²) in [7, 11) is 0. The van der Waals surface area contributed by atoms with E-state index in [1.165, 1.54) is 12.1 Å². The number of carbonyl (C=O) groups is 2. The average molecular weight is 505 g/mol. The van der Waals surface area contributed by atoms with E-state index < -0.39 is 6.04 Å². The molecule has 3 aromatic carbocycles. The molecule has 0 fully saturated rings. The van der Waals surface area contributed by atoms with E-state index in [0.717, 1.165) is 34.2 Å². The molecule has 0 saturated carbocycles. The summed E-state index contributed by atoms with van der Waals surface area (Å²) in [5, 5.41) is 3.04. The summed E-state index contributed by atoms with van der Waals surface area (Å²) in [6.07, 6.45) is 1.11. The number of halogens is 1. The first-order valence-electron chi connectivity index (χ1n) is 12.8. The van der Waals surface area contributed by atoms with E-state index in [1.54, 1.807) is 17.0 Å². The number of carbonyl (C=O) groups excluding carboxylic acids is 2. The highest BCUT2D eigenvalue weighted by atomic mass is 19.1. The van der Waals surface area contributed by atoms with Crippen molar-refractivity contribution >= 4 is 11.8 Å². The van der Waals surface area contributed by atoms with Crippen LogP contribution in [0.15, 0.2) is 66.7 Å². The van der Waals surface area contributed by atoms with Crippen LogP contribution in [0.3, 0.4) is 0 Å². The van der Waals surface area contributed by atoms with Gasteiger partial charge >= 0.3 is 0 Å². The van der Waals surface area contributed by atoms with Gasteiger partial charge in [0.1, 0.15) is 17.6 Å². The molecule has 0 aliphatic rings. The number of ether oxygens (including phenoxy) is 1. The number of aryl methyl sites for hydroxylation is 2. The molecular weight excluding hydrogens is 467 g/mol. The molecule has 1 N–H and O–H groups in total. The Bertz CT molecular complexity index is 1200. The number of hydrogen-bond donors (Lipinski definition) is 1. The van der Waals surface area contributed by atoms with E-state index in [2.05, 4.69) is 11.4 Å². The topological polar surface area (TPSA) is 58.6 Å². The van der Waals surface area contributed by atoms with Crippen LogP contribution in [0.2, 0.25) is 0 Å². The second kappa shape index (κ2) is 13.0.